The number of rotatable bonds is 2. The fourth-order valence-corrected chi connectivity index (χ4v) is 1.83. The summed E-state index contributed by atoms with van der Waals surface area (Å²) in [5.74, 6) is 0.697. The molecule has 2 nitrogen and oxygen atoms in total. The monoisotopic (exact) mass is 170 g/mol. The van der Waals surface area contributed by atoms with Crippen molar-refractivity contribution in [3.8, 4) is 0 Å². The van der Waals surface area contributed by atoms with Crippen LogP contribution in [0.25, 0.3) is 0 Å². The molecule has 2 heteroatoms. The van der Waals surface area contributed by atoms with Crippen LogP contribution in [0.1, 0.15) is 40.0 Å². The van der Waals surface area contributed by atoms with E-state index in [9.17, 15) is 4.79 Å². The summed E-state index contributed by atoms with van der Waals surface area (Å²) in [6.07, 6.45) is 2.90. The quantitative estimate of drug-likeness (QED) is 0.635. The summed E-state index contributed by atoms with van der Waals surface area (Å²) in [5, 5.41) is 0. The van der Waals surface area contributed by atoms with E-state index in [4.69, 9.17) is 4.74 Å². The molecule has 1 atom stereocenters. The molecule has 0 N–H and O–H groups in total. The number of Topliss-reactive ketones (excluding diaryl/α,β-unsaturated/α-hetero) is 1. The maximum Gasteiger partial charge on any atom is 0.130 e. The fourth-order valence-electron chi connectivity index (χ4n) is 1.83. The molecule has 1 fully saturated rings. The predicted octanol–water partition coefficient (Wildman–Crippen LogP) is 2.17. The molecule has 12 heavy (non-hydrogen) atoms. The lowest BCUT2D eigenvalue weighted by Gasteiger charge is -2.38. The Morgan fingerprint density at radius 2 is 2.25 bits per heavy atom. The van der Waals surface area contributed by atoms with Crippen molar-refractivity contribution >= 4 is 5.78 Å². The molecular formula is C10H18O2. The van der Waals surface area contributed by atoms with Crippen LogP contribution in [-0.2, 0) is 9.53 Å². The van der Waals surface area contributed by atoms with E-state index in [-0.39, 0.29) is 11.4 Å². The summed E-state index contributed by atoms with van der Waals surface area (Å²) in [6, 6.07) is 0. The molecule has 1 aliphatic heterocycles. The topological polar surface area (TPSA) is 26.3 Å². The first-order valence-electron chi connectivity index (χ1n) is 4.66. The molecule has 0 saturated carbocycles. The van der Waals surface area contributed by atoms with Gasteiger partial charge in [-0.1, -0.05) is 0 Å². The minimum atomic E-state index is -0.0933. The maximum absolute atomic E-state index is 10.9. The number of hydrogen-bond acceptors (Lipinski definition) is 2. The molecule has 0 unspecified atom stereocenters. The van der Waals surface area contributed by atoms with Gasteiger partial charge in [0.1, 0.15) is 5.78 Å². The SMILES string of the molecule is CC(=O)C[C@H]1CCCOC1(C)C. The van der Waals surface area contributed by atoms with Crippen molar-refractivity contribution in [2.45, 2.75) is 45.6 Å². The molecule has 0 aromatic carbocycles. The van der Waals surface area contributed by atoms with Gasteiger partial charge in [0.25, 0.3) is 0 Å². The lowest BCUT2D eigenvalue weighted by molar-refractivity contribution is -0.127. The van der Waals surface area contributed by atoms with Crippen LogP contribution < -0.4 is 0 Å². The molecule has 0 amide bonds. The molecule has 0 aliphatic carbocycles. The summed E-state index contributed by atoms with van der Waals surface area (Å²) < 4.78 is 5.63. The highest BCUT2D eigenvalue weighted by molar-refractivity contribution is 5.75. The van der Waals surface area contributed by atoms with Crippen LogP contribution in [0.5, 0.6) is 0 Å². The van der Waals surface area contributed by atoms with Crippen molar-refractivity contribution in [1.29, 1.82) is 0 Å². The Bertz CT molecular complexity index is 173. The minimum absolute atomic E-state index is 0.0933. The largest absolute Gasteiger partial charge is 0.375 e. The van der Waals surface area contributed by atoms with Gasteiger partial charge in [-0.15, -0.1) is 0 Å². The Morgan fingerprint density at radius 3 is 2.75 bits per heavy atom. The molecule has 0 aromatic rings. The van der Waals surface area contributed by atoms with E-state index < -0.39 is 0 Å². The van der Waals surface area contributed by atoms with Crippen molar-refractivity contribution in [3.05, 3.63) is 0 Å². The number of carbonyl (C=O) groups is 1. The van der Waals surface area contributed by atoms with E-state index in [0.717, 1.165) is 19.4 Å². The third-order valence-electron chi connectivity index (χ3n) is 2.69. The number of ether oxygens (including phenoxy) is 1. The zero-order valence-electron chi connectivity index (χ0n) is 8.22. The maximum atomic E-state index is 10.9. The van der Waals surface area contributed by atoms with Crippen LogP contribution in [0.3, 0.4) is 0 Å². The van der Waals surface area contributed by atoms with E-state index in [1.807, 2.05) is 0 Å². The van der Waals surface area contributed by atoms with Gasteiger partial charge in [0.2, 0.25) is 0 Å². The predicted molar refractivity (Wildman–Crippen MR) is 48.1 cm³/mol. The van der Waals surface area contributed by atoms with Gasteiger partial charge in [-0.25, -0.2) is 0 Å². The molecular weight excluding hydrogens is 152 g/mol. The first-order chi connectivity index (χ1) is 5.52. The first-order valence-corrected chi connectivity index (χ1v) is 4.66. The van der Waals surface area contributed by atoms with E-state index in [1.54, 1.807) is 6.92 Å². The third kappa shape index (κ3) is 2.31. The van der Waals surface area contributed by atoms with Crippen molar-refractivity contribution in [3.63, 3.8) is 0 Å². The Morgan fingerprint density at radius 1 is 1.58 bits per heavy atom. The van der Waals surface area contributed by atoms with Crippen LogP contribution in [0.2, 0.25) is 0 Å². The number of ketones is 1. The molecule has 0 radical (unpaired) electrons. The zero-order valence-corrected chi connectivity index (χ0v) is 8.22. The normalized spacial score (nSPS) is 28.4. The van der Waals surface area contributed by atoms with Gasteiger partial charge >= 0.3 is 0 Å². The first kappa shape index (κ1) is 9.72. The highest BCUT2D eigenvalue weighted by atomic mass is 16.5. The average molecular weight is 170 g/mol. The Labute approximate surface area is 74.3 Å². The molecule has 0 bridgehead atoms. The van der Waals surface area contributed by atoms with Gasteiger partial charge in [-0.3, -0.25) is 0 Å². The third-order valence-corrected chi connectivity index (χ3v) is 2.69. The fraction of sp³-hybridized carbons (Fsp3) is 0.900. The smallest absolute Gasteiger partial charge is 0.130 e. The van der Waals surface area contributed by atoms with Crippen LogP contribution in [0.4, 0.5) is 0 Å². The average Bonchev–Trinajstić information content (AvgIpc) is 1.92. The summed E-state index contributed by atoms with van der Waals surface area (Å²) >= 11 is 0. The van der Waals surface area contributed by atoms with Gasteiger partial charge in [0.05, 0.1) is 5.60 Å². The summed E-state index contributed by atoms with van der Waals surface area (Å²) in [7, 11) is 0. The van der Waals surface area contributed by atoms with E-state index >= 15 is 0 Å². The highest BCUT2D eigenvalue weighted by Crippen LogP contribution is 2.32. The zero-order chi connectivity index (χ0) is 9.19. The summed E-state index contributed by atoms with van der Waals surface area (Å²) in [4.78, 5) is 10.9. The molecule has 1 aliphatic rings. The van der Waals surface area contributed by atoms with Gasteiger partial charge < -0.3 is 9.53 Å². The van der Waals surface area contributed by atoms with Crippen molar-refractivity contribution < 1.29 is 9.53 Å². The lowest BCUT2D eigenvalue weighted by Crippen LogP contribution is -2.39. The van der Waals surface area contributed by atoms with E-state index in [1.165, 1.54) is 0 Å². The van der Waals surface area contributed by atoms with Crippen molar-refractivity contribution in [2.24, 2.45) is 5.92 Å². The van der Waals surface area contributed by atoms with Gasteiger partial charge in [0, 0.05) is 13.0 Å². The Kier molecular flexibility index (Phi) is 2.89. The van der Waals surface area contributed by atoms with Crippen LogP contribution in [0.15, 0.2) is 0 Å². The molecule has 1 heterocycles. The second kappa shape index (κ2) is 3.56. The van der Waals surface area contributed by atoms with E-state index in [2.05, 4.69) is 13.8 Å². The van der Waals surface area contributed by atoms with Crippen molar-refractivity contribution in [2.75, 3.05) is 6.61 Å². The second-order valence-corrected chi connectivity index (χ2v) is 4.20. The van der Waals surface area contributed by atoms with Crippen LogP contribution in [-0.4, -0.2) is 18.0 Å². The summed E-state index contributed by atoms with van der Waals surface area (Å²) in [6.45, 7) is 6.67. The van der Waals surface area contributed by atoms with E-state index in [0.29, 0.717) is 12.3 Å². The molecule has 0 aromatic heterocycles. The van der Waals surface area contributed by atoms with Crippen LogP contribution >= 0.6 is 0 Å². The van der Waals surface area contributed by atoms with Crippen molar-refractivity contribution in [1.82, 2.24) is 0 Å². The highest BCUT2D eigenvalue weighted by Gasteiger charge is 2.33. The van der Waals surface area contributed by atoms with Crippen LogP contribution in [0, 0.1) is 5.92 Å². The van der Waals surface area contributed by atoms with Gasteiger partial charge in [0.15, 0.2) is 0 Å². The number of carbonyl (C=O) groups excluding carboxylic acids is 1. The number of hydrogen-bond donors (Lipinski definition) is 0. The second-order valence-electron chi connectivity index (χ2n) is 4.20. The van der Waals surface area contributed by atoms with Gasteiger partial charge in [-0.05, 0) is 39.5 Å². The molecule has 0 spiro atoms. The molecule has 1 saturated heterocycles. The standard InChI is InChI=1S/C10H18O2/c1-8(11)7-9-5-4-6-12-10(9,2)3/h9H,4-7H2,1-3H3/t9-/m1/s1. The summed E-state index contributed by atoms with van der Waals surface area (Å²) in [5.41, 5.74) is -0.0933. The van der Waals surface area contributed by atoms with Gasteiger partial charge in [-0.2, -0.15) is 0 Å². The lowest BCUT2D eigenvalue weighted by atomic mass is 9.81. The Hall–Kier alpha value is -0.370. The Balaban J connectivity index is 2.54. The molecule has 1 rings (SSSR count). The molecule has 70 valence electrons. The minimum Gasteiger partial charge on any atom is -0.375 e.